The van der Waals surface area contributed by atoms with Crippen LogP contribution in [-0.4, -0.2) is 67.4 Å². The number of hydrogen-bond donors (Lipinski definition) is 0. The summed E-state index contributed by atoms with van der Waals surface area (Å²) in [7, 11) is 0. The molecule has 3 amide bonds. The maximum Gasteiger partial charge on any atom is 0.242 e. The van der Waals surface area contributed by atoms with E-state index in [1.54, 1.807) is 9.70 Å². The third kappa shape index (κ3) is 3.05. The van der Waals surface area contributed by atoms with Crippen LogP contribution in [0.3, 0.4) is 0 Å². The van der Waals surface area contributed by atoms with Crippen molar-refractivity contribution in [2.75, 3.05) is 19.6 Å². The predicted molar refractivity (Wildman–Crippen MR) is 113 cm³/mol. The van der Waals surface area contributed by atoms with Gasteiger partial charge >= 0.3 is 0 Å². The van der Waals surface area contributed by atoms with E-state index in [0.29, 0.717) is 43.6 Å². The maximum atomic E-state index is 12.9. The number of likely N-dealkylation sites (tertiary alicyclic amines) is 2. The highest BCUT2D eigenvalue weighted by atomic mass is 16.2. The zero-order chi connectivity index (χ0) is 21.8. The summed E-state index contributed by atoms with van der Waals surface area (Å²) < 4.78 is 0. The van der Waals surface area contributed by atoms with Crippen LogP contribution in [0.4, 0.5) is 0 Å². The van der Waals surface area contributed by atoms with Crippen LogP contribution in [0.25, 0.3) is 11.4 Å². The largest absolute Gasteiger partial charge is 0.341 e. The highest BCUT2D eigenvalue weighted by Crippen LogP contribution is 2.56. The lowest BCUT2D eigenvalue weighted by Crippen LogP contribution is -2.46. The van der Waals surface area contributed by atoms with Crippen LogP contribution >= 0.6 is 0 Å². The number of aromatic nitrogens is 4. The van der Waals surface area contributed by atoms with E-state index < -0.39 is 0 Å². The molecule has 32 heavy (non-hydrogen) atoms. The van der Waals surface area contributed by atoms with Crippen molar-refractivity contribution >= 4 is 17.7 Å². The third-order valence-corrected chi connectivity index (χ3v) is 7.92. The van der Waals surface area contributed by atoms with E-state index in [1.807, 2.05) is 30.3 Å². The van der Waals surface area contributed by atoms with Gasteiger partial charge in [0.2, 0.25) is 23.5 Å². The average molecular weight is 435 g/mol. The Balaban J connectivity index is 1.06. The summed E-state index contributed by atoms with van der Waals surface area (Å²) in [5.74, 6) is 0.561. The van der Waals surface area contributed by atoms with Gasteiger partial charge in [-0.15, -0.1) is 10.2 Å². The molecule has 6 rings (SSSR count). The number of rotatable bonds is 4. The molecule has 2 aromatic rings. The number of amides is 3. The van der Waals surface area contributed by atoms with Gasteiger partial charge in [0, 0.05) is 18.7 Å². The molecule has 2 bridgehead atoms. The quantitative estimate of drug-likeness (QED) is 0.677. The SMILES string of the molecule is O=C(CN1C(=O)[C@@H]2[C@H]3CC[C@@H](C3)[C@H]2C1=O)N1CCC(n2nnc(-c3ccccc3)n2)CC1. The molecule has 3 heterocycles. The summed E-state index contributed by atoms with van der Waals surface area (Å²) in [5.41, 5.74) is 0.921. The van der Waals surface area contributed by atoms with Crippen LogP contribution < -0.4 is 0 Å². The lowest BCUT2D eigenvalue weighted by Gasteiger charge is -2.32. The number of piperidine rings is 1. The fourth-order valence-electron chi connectivity index (χ4n) is 6.29. The van der Waals surface area contributed by atoms with Crippen molar-refractivity contribution < 1.29 is 14.4 Å². The van der Waals surface area contributed by atoms with E-state index in [9.17, 15) is 14.4 Å². The number of nitrogens with zero attached hydrogens (tertiary/aromatic N) is 6. The van der Waals surface area contributed by atoms with Gasteiger partial charge in [-0.2, -0.15) is 4.80 Å². The average Bonchev–Trinajstić information content (AvgIpc) is 3.61. The second-order valence-electron chi connectivity index (χ2n) is 9.56. The molecule has 0 N–H and O–H groups in total. The summed E-state index contributed by atoms with van der Waals surface area (Å²) in [5, 5.41) is 12.9. The van der Waals surface area contributed by atoms with Crippen molar-refractivity contribution in [2.45, 2.75) is 38.1 Å². The number of imide groups is 1. The first-order valence-corrected chi connectivity index (χ1v) is 11.6. The molecule has 0 radical (unpaired) electrons. The molecule has 9 heteroatoms. The lowest BCUT2D eigenvalue weighted by molar-refractivity contribution is -0.147. The van der Waals surface area contributed by atoms with Crippen LogP contribution in [0.1, 0.15) is 38.1 Å². The van der Waals surface area contributed by atoms with Crippen molar-refractivity contribution in [2.24, 2.45) is 23.7 Å². The van der Waals surface area contributed by atoms with Gasteiger partial charge in [0.1, 0.15) is 6.54 Å². The first-order valence-electron chi connectivity index (χ1n) is 11.6. The summed E-state index contributed by atoms with van der Waals surface area (Å²) >= 11 is 0. The molecule has 2 saturated carbocycles. The second kappa shape index (κ2) is 7.50. The monoisotopic (exact) mass is 434 g/mol. The number of hydrogen-bond acceptors (Lipinski definition) is 6. The molecule has 0 spiro atoms. The molecule has 0 unspecified atom stereocenters. The molecule has 4 atom stereocenters. The molecular formula is C23H26N6O3. The normalized spacial score (nSPS) is 29.8. The Bertz CT molecular complexity index is 1030. The van der Waals surface area contributed by atoms with Gasteiger partial charge in [-0.1, -0.05) is 30.3 Å². The smallest absolute Gasteiger partial charge is 0.242 e. The van der Waals surface area contributed by atoms with Crippen molar-refractivity contribution in [3.63, 3.8) is 0 Å². The molecule has 2 aliphatic heterocycles. The Morgan fingerprint density at radius 1 is 0.938 bits per heavy atom. The Labute approximate surface area is 185 Å². The molecular weight excluding hydrogens is 408 g/mol. The van der Waals surface area contributed by atoms with E-state index in [4.69, 9.17) is 0 Å². The van der Waals surface area contributed by atoms with Crippen LogP contribution in [0.15, 0.2) is 30.3 Å². The van der Waals surface area contributed by atoms with Gasteiger partial charge < -0.3 is 4.90 Å². The van der Waals surface area contributed by atoms with Gasteiger partial charge in [0.15, 0.2) is 0 Å². The molecule has 2 saturated heterocycles. The number of tetrazole rings is 1. The standard InChI is InChI=1S/C23H26N6O3/c30-18(13-28-22(31)19-15-6-7-16(12-15)20(19)23(28)32)27-10-8-17(9-11-27)29-25-21(24-26-29)14-4-2-1-3-5-14/h1-5,15-17,19-20H,6-13H2/t15-,16-,19+,20+/m0/s1. The van der Waals surface area contributed by atoms with Crippen LogP contribution in [0.5, 0.6) is 0 Å². The van der Waals surface area contributed by atoms with Gasteiger partial charge in [-0.25, -0.2) is 0 Å². The number of fused-ring (bicyclic) bond motifs is 5. The van der Waals surface area contributed by atoms with E-state index in [-0.39, 0.29) is 42.1 Å². The molecule has 2 aliphatic carbocycles. The number of benzene rings is 1. The first kappa shape index (κ1) is 19.6. The fraction of sp³-hybridized carbons (Fsp3) is 0.565. The van der Waals surface area contributed by atoms with Crippen LogP contribution in [0, 0.1) is 23.7 Å². The van der Waals surface area contributed by atoms with Crippen molar-refractivity contribution in [1.82, 2.24) is 30.0 Å². The first-order chi connectivity index (χ1) is 15.6. The molecule has 1 aromatic carbocycles. The van der Waals surface area contributed by atoms with Crippen LogP contribution in [-0.2, 0) is 14.4 Å². The lowest BCUT2D eigenvalue weighted by atomic mass is 9.81. The van der Waals surface area contributed by atoms with Crippen molar-refractivity contribution in [1.29, 1.82) is 0 Å². The van der Waals surface area contributed by atoms with Crippen molar-refractivity contribution in [3.05, 3.63) is 30.3 Å². The Hall–Kier alpha value is -3.10. The summed E-state index contributed by atoms with van der Waals surface area (Å²) in [4.78, 5) is 43.3. The van der Waals surface area contributed by atoms with E-state index in [0.717, 1.165) is 24.8 Å². The van der Waals surface area contributed by atoms with E-state index in [2.05, 4.69) is 15.4 Å². The minimum atomic E-state index is -0.169. The highest BCUT2D eigenvalue weighted by Gasteiger charge is 2.61. The fourth-order valence-corrected chi connectivity index (χ4v) is 6.29. The van der Waals surface area contributed by atoms with Crippen molar-refractivity contribution in [3.8, 4) is 11.4 Å². The summed E-state index contributed by atoms with van der Waals surface area (Å²) in [6.07, 6.45) is 4.52. The van der Waals surface area contributed by atoms with Crippen LogP contribution in [0.2, 0.25) is 0 Å². The van der Waals surface area contributed by atoms with E-state index in [1.165, 1.54) is 4.90 Å². The molecule has 4 aliphatic rings. The topological polar surface area (TPSA) is 101 Å². The molecule has 1 aromatic heterocycles. The number of carbonyl (C=O) groups is 3. The Morgan fingerprint density at radius 2 is 1.59 bits per heavy atom. The van der Waals surface area contributed by atoms with Gasteiger partial charge in [-0.3, -0.25) is 19.3 Å². The molecule has 166 valence electrons. The second-order valence-corrected chi connectivity index (χ2v) is 9.56. The Kier molecular flexibility index (Phi) is 4.58. The summed E-state index contributed by atoms with van der Waals surface area (Å²) in [6.45, 7) is 0.995. The highest BCUT2D eigenvalue weighted by molar-refractivity contribution is 6.08. The number of carbonyl (C=O) groups excluding carboxylic acids is 3. The maximum absolute atomic E-state index is 12.9. The van der Waals surface area contributed by atoms with Gasteiger partial charge in [0.25, 0.3) is 0 Å². The zero-order valence-corrected chi connectivity index (χ0v) is 17.8. The van der Waals surface area contributed by atoms with Gasteiger partial charge in [0.05, 0.1) is 17.9 Å². The molecule has 4 fully saturated rings. The summed E-state index contributed by atoms with van der Waals surface area (Å²) in [6, 6.07) is 9.79. The Morgan fingerprint density at radius 3 is 2.25 bits per heavy atom. The zero-order valence-electron chi connectivity index (χ0n) is 17.8. The van der Waals surface area contributed by atoms with Gasteiger partial charge in [-0.05, 0) is 49.2 Å². The minimum Gasteiger partial charge on any atom is -0.341 e. The third-order valence-electron chi connectivity index (χ3n) is 7.92. The molecule has 9 nitrogen and oxygen atoms in total. The predicted octanol–water partition coefficient (Wildman–Crippen LogP) is 1.53. The minimum absolute atomic E-state index is 0.0778. The van der Waals surface area contributed by atoms with E-state index >= 15 is 0 Å².